The van der Waals surface area contributed by atoms with E-state index in [1.165, 1.54) is 23.9 Å². The van der Waals surface area contributed by atoms with Gasteiger partial charge in [0.15, 0.2) is 5.17 Å². The number of aliphatic imine (C=N–C) groups is 1. The summed E-state index contributed by atoms with van der Waals surface area (Å²) in [4.78, 5) is 34.6. The number of carbonyl (C=O) groups excluding carboxylic acids is 2. The maximum atomic E-state index is 13.7. The summed E-state index contributed by atoms with van der Waals surface area (Å²) in [7, 11) is 0. The smallest absolute Gasteiger partial charge is 0.254 e. The van der Waals surface area contributed by atoms with Crippen LogP contribution in [0.5, 0.6) is 0 Å². The molecule has 162 valence electrons. The predicted octanol–water partition coefficient (Wildman–Crippen LogP) is 3.69. The minimum absolute atomic E-state index is 0.0212. The van der Waals surface area contributed by atoms with Gasteiger partial charge in [-0.25, -0.2) is 9.38 Å². The van der Waals surface area contributed by atoms with Gasteiger partial charge in [-0.15, -0.1) is 0 Å². The van der Waals surface area contributed by atoms with E-state index < -0.39 is 6.04 Å². The normalized spacial score (nSPS) is 23.0. The summed E-state index contributed by atoms with van der Waals surface area (Å²) >= 11 is 1.46. The van der Waals surface area contributed by atoms with Crippen LogP contribution in [0.3, 0.4) is 0 Å². The Morgan fingerprint density at radius 1 is 1.19 bits per heavy atom. The van der Waals surface area contributed by atoms with Gasteiger partial charge in [0.05, 0.1) is 23.7 Å². The number of hydrogen-bond donors (Lipinski definition) is 1. The Bertz CT molecular complexity index is 1010. The molecule has 1 unspecified atom stereocenters. The van der Waals surface area contributed by atoms with Crippen LogP contribution in [0, 0.1) is 5.82 Å². The first-order chi connectivity index (χ1) is 15.0. The Labute approximate surface area is 185 Å². The van der Waals surface area contributed by atoms with E-state index in [0.29, 0.717) is 17.3 Å². The predicted molar refractivity (Wildman–Crippen MR) is 118 cm³/mol. The Morgan fingerprint density at radius 3 is 2.58 bits per heavy atom. The van der Waals surface area contributed by atoms with Crippen LogP contribution in [0.1, 0.15) is 50.6 Å². The first kappa shape index (κ1) is 20.3. The maximum absolute atomic E-state index is 13.7. The summed E-state index contributed by atoms with van der Waals surface area (Å²) in [6, 6.07) is 6.13. The fourth-order valence-electron chi connectivity index (χ4n) is 4.37. The number of hydrogen-bond acceptors (Lipinski definition) is 5. The van der Waals surface area contributed by atoms with Crippen molar-refractivity contribution in [3.63, 3.8) is 0 Å². The number of amides is 2. The lowest BCUT2D eigenvalue weighted by atomic mass is 9.92. The highest BCUT2D eigenvalue weighted by atomic mass is 32.2. The molecule has 1 saturated carbocycles. The van der Waals surface area contributed by atoms with Crippen LogP contribution in [0.2, 0.25) is 0 Å². The van der Waals surface area contributed by atoms with Gasteiger partial charge in [0.25, 0.3) is 5.91 Å². The number of thioether (sulfide) groups is 1. The summed E-state index contributed by atoms with van der Waals surface area (Å²) in [5.74, 6) is -0.366. The molecule has 6 nitrogen and oxygen atoms in total. The van der Waals surface area contributed by atoms with Crippen molar-refractivity contribution in [2.24, 2.45) is 4.99 Å². The second-order valence-corrected chi connectivity index (χ2v) is 9.30. The fourth-order valence-corrected chi connectivity index (χ4v) is 5.33. The molecule has 4 aliphatic rings. The molecule has 3 heterocycles. The molecule has 1 N–H and O–H groups in total. The zero-order chi connectivity index (χ0) is 21.5. The van der Waals surface area contributed by atoms with Crippen molar-refractivity contribution in [3.8, 4) is 0 Å². The van der Waals surface area contributed by atoms with E-state index in [9.17, 15) is 14.0 Å². The van der Waals surface area contributed by atoms with Crippen LogP contribution >= 0.6 is 11.8 Å². The Morgan fingerprint density at radius 2 is 1.90 bits per heavy atom. The fraction of sp³-hybridized carbons (Fsp3) is 0.435. The van der Waals surface area contributed by atoms with Gasteiger partial charge in [-0.2, -0.15) is 0 Å². The van der Waals surface area contributed by atoms with Crippen molar-refractivity contribution >= 4 is 28.7 Å². The van der Waals surface area contributed by atoms with Gasteiger partial charge in [0.2, 0.25) is 5.91 Å². The third kappa shape index (κ3) is 4.01. The Balaban J connectivity index is 1.51. The molecule has 1 atom stereocenters. The molecule has 0 spiro atoms. The number of amidine groups is 1. The summed E-state index contributed by atoms with van der Waals surface area (Å²) in [5.41, 5.74) is 2.91. The second-order valence-electron chi connectivity index (χ2n) is 8.46. The number of allylic oxidation sites excluding steroid dienone is 1. The van der Waals surface area contributed by atoms with Crippen LogP contribution < -0.4 is 5.32 Å². The Hall–Kier alpha value is -2.61. The van der Waals surface area contributed by atoms with Crippen molar-refractivity contribution in [3.05, 3.63) is 58.0 Å². The van der Waals surface area contributed by atoms with Crippen molar-refractivity contribution in [1.29, 1.82) is 0 Å². The molecule has 2 amide bonds. The number of fused-ring (bicyclic) bond motifs is 1. The molecule has 5 rings (SSSR count). The third-order valence-corrected chi connectivity index (χ3v) is 6.98. The topological polar surface area (TPSA) is 65.0 Å². The molecule has 0 aromatic heterocycles. The van der Waals surface area contributed by atoms with E-state index in [-0.39, 0.29) is 24.1 Å². The minimum Gasteiger partial charge on any atom is -0.353 e. The largest absolute Gasteiger partial charge is 0.353 e. The molecular formula is C23H25FN4O2S. The van der Waals surface area contributed by atoms with Crippen molar-refractivity contribution in [2.75, 3.05) is 13.1 Å². The monoisotopic (exact) mass is 440 g/mol. The summed E-state index contributed by atoms with van der Waals surface area (Å²) in [6.07, 6.45) is 4.29. The molecule has 1 aromatic rings. The van der Waals surface area contributed by atoms with Gasteiger partial charge in [-0.3, -0.25) is 9.59 Å². The van der Waals surface area contributed by atoms with Crippen molar-refractivity contribution < 1.29 is 14.0 Å². The highest BCUT2D eigenvalue weighted by molar-refractivity contribution is 8.16. The van der Waals surface area contributed by atoms with E-state index in [1.54, 1.807) is 12.1 Å². The highest BCUT2D eigenvalue weighted by Crippen LogP contribution is 2.45. The summed E-state index contributed by atoms with van der Waals surface area (Å²) < 4.78 is 13.7. The number of likely N-dealkylation sites (tertiary alicyclic amines) is 1. The first-order valence-corrected chi connectivity index (χ1v) is 11.7. The van der Waals surface area contributed by atoms with Gasteiger partial charge in [-0.05, 0) is 55.7 Å². The second kappa shape index (κ2) is 8.15. The highest BCUT2D eigenvalue weighted by Gasteiger charge is 2.42. The zero-order valence-electron chi connectivity index (χ0n) is 17.4. The lowest BCUT2D eigenvalue weighted by molar-refractivity contribution is -0.126. The molecular weight excluding hydrogens is 415 g/mol. The van der Waals surface area contributed by atoms with Crippen LogP contribution in [0.25, 0.3) is 0 Å². The number of halogens is 1. The van der Waals surface area contributed by atoms with E-state index >= 15 is 0 Å². The van der Waals surface area contributed by atoms with Gasteiger partial charge >= 0.3 is 0 Å². The van der Waals surface area contributed by atoms with E-state index in [0.717, 1.165) is 55.2 Å². The molecule has 0 bridgehead atoms. The van der Waals surface area contributed by atoms with Crippen LogP contribution in [-0.2, 0) is 9.59 Å². The minimum atomic E-state index is -0.434. The van der Waals surface area contributed by atoms with Crippen LogP contribution in [0.4, 0.5) is 4.39 Å². The molecule has 2 fully saturated rings. The number of nitrogens with one attached hydrogen (secondary N) is 1. The summed E-state index contributed by atoms with van der Waals surface area (Å²) in [5, 5.41) is 5.73. The van der Waals surface area contributed by atoms with E-state index in [2.05, 4.69) is 5.32 Å². The SMILES string of the molecule is CC1=C(C(=O)N2CCCC2)C(c2ccc(F)cc2)N2C(CC(=O)NC3CC3)=CSC2=N1. The molecule has 1 aliphatic carbocycles. The quantitative estimate of drug-likeness (QED) is 0.759. The van der Waals surface area contributed by atoms with E-state index in [1.807, 2.05) is 22.1 Å². The number of rotatable bonds is 5. The van der Waals surface area contributed by atoms with Gasteiger partial charge < -0.3 is 15.1 Å². The molecule has 8 heteroatoms. The van der Waals surface area contributed by atoms with Gasteiger partial charge in [0, 0.05) is 24.8 Å². The molecule has 0 radical (unpaired) electrons. The van der Waals surface area contributed by atoms with Crippen molar-refractivity contribution in [2.45, 2.75) is 51.1 Å². The lowest BCUT2D eigenvalue weighted by Gasteiger charge is -2.37. The Kier molecular flexibility index (Phi) is 5.33. The molecule has 1 saturated heterocycles. The number of carbonyl (C=O) groups is 2. The molecule has 3 aliphatic heterocycles. The standard InChI is InChI=1S/C23H25FN4O2S/c1-14-20(22(30)27-10-2-3-11-27)21(15-4-6-16(24)7-5-15)28-18(13-31-23(28)25-14)12-19(29)26-17-8-9-17/h4-7,13,17,21H,2-3,8-12H2,1H3,(H,26,29). The average Bonchev–Trinajstić information content (AvgIpc) is 3.23. The van der Waals surface area contributed by atoms with Crippen LogP contribution in [0.15, 0.2) is 51.6 Å². The molecule has 1 aromatic carbocycles. The first-order valence-electron chi connectivity index (χ1n) is 10.8. The summed E-state index contributed by atoms with van der Waals surface area (Å²) in [6.45, 7) is 3.34. The van der Waals surface area contributed by atoms with E-state index in [4.69, 9.17) is 4.99 Å². The maximum Gasteiger partial charge on any atom is 0.254 e. The third-order valence-electron chi connectivity index (χ3n) is 6.09. The number of nitrogens with zero attached hydrogens (tertiary/aromatic N) is 3. The van der Waals surface area contributed by atoms with Gasteiger partial charge in [0.1, 0.15) is 5.82 Å². The zero-order valence-corrected chi connectivity index (χ0v) is 18.3. The van der Waals surface area contributed by atoms with Crippen LogP contribution in [-0.4, -0.2) is 45.9 Å². The molecule has 31 heavy (non-hydrogen) atoms. The lowest BCUT2D eigenvalue weighted by Crippen LogP contribution is -2.41. The average molecular weight is 441 g/mol. The van der Waals surface area contributed by atoms with Crippen molar-refractivity contribution in [1.82, 2.24) is 15.1 Å². The van der Waals surface area contributed by atoms with Gasteiger partial charge in [-0.1, -0.05) is 23.9 Å². The number of benzene rings is 1.